The third-order valence-corrected chi connectivity index (χ3v) is 5.16. The fraction of sp³-hybridized carbons (Fsp3) is 0.625. The maximum atomic E-state index is 6.20. The predicted octanol–water partition coefficient (Wildman–Crippen LogP) is 2.19. The van der Waals surface area contributed by atoms with Crippen LogP contribution in [-0.4, -0.2) is 25.4 Å². The first-order valence-electron chi connectivity index (χ1n) is 7.50. The van der Waals surface area contributed by atoms with Gasteiger partial charge in [-0.15, -0.1) is 0 Å². The Balaban J connectivity index is 1.96. The van der Waals surface area contributed by atoms with E-state index < -0.39 is 0 Å². The lowest BCUT2D eigenvalue weighted by Crippen LogP contribution is -2.41. The SMILES string of the molecule is CN[C@H]1CCc2c(B3OC(C)(C)C(C)(C)O3)cccc21. The lowest BCUT2D eigenvalue weighted by Gasteiger charge is -2.32. The third kappa shape index (κ3) is 2.02. The molecule has 20 heavy (non-hydrogen) atoms. The quantitative estimate of drug-likeness (QED) is 0.838. The highest BCUT2D eigenvalue weighted by Crippen LogP contribution is 2.38. The topological polar surface area (TPSA) is 30.5 Å². The van der Waals surface area contributed by atoms with Crippen molar-refractivity contribution in [2.75, 3.05) is 7.05 Å². The summed E-state index contributed by atoms with van der Waals surface area (Å²) in [5.41, 5.74) is 3.46. The van der Waals surface area contributed by atoms with E-state index in [0.717, 1.165) is 12.8 Å². The van der Waals surface area contributed by atoms with Crippen LogP contribution in [0.3, 0.4) is 0 Å². The molecule has 0 spiro atoms. The molecule has 0 unspecified atom stereocenters. The molecule has 1 aliphatic carbocycles. The van der Waals surface area contributed by atoms with Gasteiger partial charge in [-0.25, -0.2) is 0 Å². The lowest BCUT2D eigenvalue weighted by molar-refractivity contribution is 0.00578. The van der Waals surface area contributed by atoms with Crippen molar-refractivity contribution >= 4 is 12.6 Å². The molecular formula is C16H24BNO2. The molecule has 2 aliphatic rings. The highest BCUT2D eigenvalue weighted by atomic mass is 16.7. The molecule has 4 heteroatoms. The summed E-state index contributed by atoms with van der Waals surface area (Å²) in [6, 6.07) is 6.96. The highest BCUT2D eigenvalue weighted by Gasteiger charge is 2.52. The second-order valence-corrected chi connectivity index (χ2v) is 6.88. The minimum atomic E-state index is -0.276. The summed E-state index contributed by atoms with van der Waals surface area (Å²) in [6.07, 6.45) is 2.25. The number of nitrogens with one attached hydrogen (secondary N) is 1. The zero-order valence-corrected chi connectivity index (χ0v) is 13.1. The number of benzene rings is 1. The second kappa shape index (κ2) is 4.59. The van der Waals surface area contributed by atoms with Crippen LogP contribution in [0.2, 0.25) is 0 Å². The molecule has 1 aromatic carbocycles. The van der Waals surface area contributed by atoms with Gasteiger partial charge in [0.05, 0.1) is 11.2 Å². The van der Waals surface area contributed by atoms with Gasteiger partial charge in [-0.3, -0.25) is 0 Å². The Hall–Kier alpha value is -0.835. The molecule has 3 nitrogen and oxygen atoms in total. The summed E-state index contributed by atoms with van der Waals surface area (Å²) >= 11 is 0. The molecule has 1 atom stereocenters. The van der Waals surface area contributed by atoms with Gasteiger partial charge in [-0.2, -0.15) is 0 Å². The summed E-state index contributed by atoms with van der Waals surface area (Å²) in [6.45, 7) is 8.41. The van der Waals surface area contributed by atoms with Crippen LogP contribution in [0.25, 0.3) is 0 Å². The van der Waals surface area contributed by atoms with E-state index in [0.29, 0.717) is 6.04 Å². The molecule has 1 aromatic rings. The number of rotatable bonds is 2. The molecule has 0 bridgehead atoms. The van der Waals surface area contributed by atoms with Gasteiger partial charge in [-0.1, -0.05) is 18.2 Å². The molecule has 1 aliphatic heterocycles. The van der Waals surface area contributed by atoms with Crippen molar-refractivity contribution in [3.05, 3.63) is 29.3 Å². The standard InChI is InChI=1S/C16H24BNO2/c1-15(2)16(3,4)20-17(19-15)13-8-6-7-12-11(13)9-10-14(12)18-5/h6-8,14,18H,9-10H2,1-5H3/t14-/m0/s1. The summed E-state index contributed by atoms with van der Waals surface area (Å²) in [5, 5.41) is 3.39. The molecule has 1 N–H and O–H groups in total. The van der Waals surface area contributed by atoms with Crippen LogP contribution in [-0.2, 0) is 15.7 Å². The molecule has 0 amide bonds. The Morgan fingerprint density at radius 3 is 2.40 bits per heavy atom. The van der Waals surface area contributed by atoms with Gasteiger partial charge < -0.3 is 14.6 Å². The van der Waals surface area contributed by atoms with Gasteiger partial charge >= 0.3 is 7.12 Å². The lowest BCUT2D eigenvalue weighted by atomic mass is 9.75. The molecule has 108 valence electrons. The predicted molar refractivity (Wildman–Crippen MR) is 82.3 cm³/mol. The van der Waals surface area contributed by atoms with E-state index in [1.165, 1.54) is 16.6 Å². The van der Waals surface area contributed by atoms with E-state index in [1.54, 1.807) is 0 Å². The Labute approximate surface area is 122 Å². The minimum absolute atomic E-state index is 0.245. The maximum Gasteiger partial charge on any atom is 0.495 e. The summed E-state index contributed by atoms with van der Waals surface area (Å²) in [7, 11) is 1.78. The van der Waals surface area contributed by atoms with Crippen LogP contribution >= 0.6 is 0 Å². The third-order valence-electron chi connectivity index (χ3n) is 5.16. The molecule has 0 aromatic heterocycles. The van der Waals surface area contributed by atoms with Crippen molar-refractivity contribution in [2.45, 2.75) is 57.8 Å². The van der Waals surface area contributed by atoms with E-state index in [4.69, 9.17) is 9.31 Å². The first kappa shape index (κ1) is 14.1. The monoisotopic (exact) mass is 273 g/mol. The van der Waals surface area contributed by atoms with Crippen LogP contribution in [0.5, 0.6) is 0 Å². The largest absolute Gasteiger partial charge is 0.495 e. The van der Waals surface area contributed by atoms with Crippen molar-refractivity contribution in [2.24, 2.45) is 0 Å². The average molecular weight is 273 g/mol. The van der Waals surface area contributed by atoms with Crippen LogP contribution < -0.4 is 10.8 Å². The van der Waals surface area contributed by atoms with Crippen LogP contribution in [0, 0.1) is 0 Å². The van der Waals surface area contributed by atoms with E-state index in [-0.39, 0.29) is 18.3 Å². The van der Waals surface area contributed by atoms with Crippen LogP contribution in [0.4, 0.5) is 0 Å². The summed E-state index contributed by atoms with van der Waals surface area (Å²) in [5.74, 6) is 0. The molecule has 1 saturated heterocycles. The van der Waals surface area contributed by atoms with Crippen molar-refractivity contribution in [3.63, 3.8) is 0 Å². The molecular weight excluding hydrogens is 249 g/mol. The molecule has 0 radical (unpaired) electrons. The van der Waals surface area contributed by atoms with Gasteiger partial charge in [0.2, 0.25) is 0 Å². The van der Waals surface area contributed by atoms with Crippen molar-refractivity contribution in [1.29, 1.82) is 0 Å². The van der Waals surface area contributed by atoms with Gasteiger partial charge in [0.15, 0.2) is 0 Å². The Kier molecular flexibility index (Phi) is 3.24. The number of fused-ring (bicyclic) bond motifs is 1. The first-order valence-corrected chi connectivity index (χ1v) is 7.50. The van der Waals surface area contributed by atoms with E-state index in [9.17, 15) is 0 Å². The molecule has 1 heterocycles. The second-order valence-electron chi connectivity index (χ2n) is 6.88. The summed E-state index contributed by atoms with van der Waals surface area (Å²) < 4.78 is 12.4. The van der Waals surface area contributed by atoms with Gasteiger partial charge in [0.25, 0.3) is 0 Å². The van der Waals surface area contributed by atoms with Crippen molar-refractivity contribution in [1.82, 2.24) is 5.32 Å². The van der Waals surface area contributed by atoms with E-state index in [1.807, 2.05) is 7.05 Å². The molecule has 3 rings (SSSR count). The summed E-state index contributed by atoms with van der Waals surface area (Å²) in [4.78, 5) is 0. The van der Waals surface area contributed by atoms with Crippen LogP contribution in [0.15, 0.2) is 18.2 Å². The zero-order valence-electron chi connectivity index (χ0n) is 13.1. The minimum Gasteiger partial charge on any atom is -0.399 e. The Morgan fingerprint density at radius 1 is 1.15 bits per heavy atom. The Morgan fingerprint density at radius 2 is 1.80 bits per heavy atom. The fourth-order valence-electron chi connectivity index (χ4n) is 3.17. The maximum absolute atomic E-state index is 6.20. The molecule has 1 fully saturated rings. The van der Waals surface area contributed by atoms with Gasteiger partial charge in [0.1, 0.15) is 0 Å². The van der Waals surface area contributed by atoms with Crippen molar-refractivity contribution in [3.8, 4) is 0 Å². The normalized spacial score (nSPS) is 26.9. The van der Waals surface area contributed by atoms with E-state index in [2.05, 4.69) is 51.2 Å². The van der Waals surface area contributed by atoms with E-state index >= 15 is 0 Å². The van der Waals surface area contributed by atoms with Crippen molar-refractivity contribution < 1.29 is 9.31 Å². The average Bonchev–Trinajstić information content (AvgIpc) is 2.88. The fourth-order valence-corrected chi connectivity index (χ4v) is 3.17. The smallest absolute Gasteiger partial charge is 0.399 e. The zero-order chi connectivity index (χ0) is 14.5. The highest BCUT2D eigenvalue weighted by molar-refractivity contribution is 6.62. The number of hydrogen-bond acceptors (Lipinski definition) is 3. The Bertz CT molecular complexity index is 511. The van der Waals surface area contributed by atoms with Gasteiger partial charge in [-0.05, 0) is 64.2 Å². The van der Waals surface area contributed by atoms with Gasteiger partial charge in [0, 0.05) is 6.04 Å². The number of hydrogen-bond donors (Lipinski definition) is 1. The van der Waals surface area contributed by atoms with Crippen LogP contribution in [0.1, 0.15) is 51.3 Å². The molecule has 0 saturated carbocycles. The first-order chi connectivity index (χ1) is 9.36.